The summed E-state index contributed by atoms with van der Waals surface area (Å²) in [5.41, 5.74) is 1.54. The van der Waals surface area contributed by atoms with Gasteiger partial charge in [-0.15, -0.1) is 0 Å². The van der Waals surface area contributed by atoms with Gasteiger partial charge in [0.15, 0.2) is 0 Å². The minimum absolute atomic E-state index is 0.0787. The second kappa shape index (κ2) is 5.74. The van der Waals surface area contributed by atoms with Crippen molar-refractivity contribution in [1.82, 2.24) is 0 Å². The molecule has 1 aliphatic carbocycles. The number of ether oxygens (including phenoxy) is 1. The fourth-order valence-corrected chi connectivity index (χ4v) is 3.36. The van der Waals surface area contributed by atoms with E-state index < -0.39 is 10.0 Å². The zero-order valence-corrected chi connectivity index (χ0v) is 13.2. The highest BCUT2D eigenvalue weighted by molar-refractivity contribution is 7.89. The molecular formula is C15H23NO3S. The zero-order valence-electron chi connectivity index (χ0n) is 12.3. The van der Waals surface area contributed by atoms with Gasteiger partial charge in [0, 0.05) is 0 Å². The summed E-state index contributed by atoms with van der Waals surface area (Å²) in [5, 5.41) is 5.30. The van der Waals surface area contributed by atoms with E-state index in [1.54, 1.807) is 6.07 Å². The van der Waals surface area contributed by atoms with Gasteiger partial charge in [-0.3, -0.25) is 0 Å². The fraction of sp³-hybridized carbons (Fsp3) is 0.600. The van der Waals surface area contributed by atoms with Crippen LogP contribution in [0.5, 0.6) is 5.75 Å². The summed E-state index contributed by atoms with van der Waals surface area (Å²) in [6.07, 6.45) is 3.74. The first-order valence-corrected chi connectivity index (χ1v) is 8.64. The summed E-state index contributed by atoms with van der Waals surface area (Å²) >= 11 is 0. The van der Waals surface area contributed by atoms with Crippen LogP contribution < -0.4 is 9.88 Å². The predicted octanol–water partition coefficient (Wildman–Crippen LogP) is 2.94. The first-order chi connectivity index (χ1) is 9.29. The maximum Gasteiger partial charge on any atom is 0.238 e. The Labute approximate surface area is 121 Å². The average molecular weight is 297 g/mol. The molecule has 112 valence electrons. The molecule has 0 unspecified atom stereocenters. The first kappa shape index (κ1) is 15.3. The van der Waals surface area contributed by atoms with Gasteiger partial charge < -0.3 is 4.74 Å². The van der Waals surface area contributed by atoms with Crippen LogP contribution in [0.1, 0.15) is 50.2 Å². The lowest BCUT2D eigenvalue weighted by Crippen LogP contribution is -2.20. The predicted molar refractivity (Wildman–Crippen MR) is 79.5 cm³/mol. The molecule has 2 rings (SSSR count). The van der Waals surface area contributed by atoms with Crippen molar-refractivity contribution in [1.29, 1.82) is 0 Å². The Morgan fingerprint density at radius 3 is 2.45 bits per heavy atom. The number of rotatable bonds is 5. The molecule has 5 heteroatoms. The highest BCUT2D eigenvalue weighted by Crippen LogP contribution is 2.32. The van der Waals surface area contributed by atoms with Gasteiger partial charge in [0.2, 0.25) is 10.0 Å². The van der Waals surface area contributed by atoms with Crippen molar-refractivity contribution in [2.75, 3.05) is 6.61 Å². The third kappa shape index (κ3) is 3.33. The largest absolute Gasteiger partial charge is 0.493 e. The summed E-state index contributed by atoms with van der Waals surface area (Å²) in [6.45, 7) is 6.48. The third-order valence-electron chi connectivity index (χ3n) is 3.94. The SMILES string of the molecule is Cc1cc(S(N)(=O)=O)c(C(C)C)cc1OCC1CCC1. The molecule has 2 N–H and O–H groups in total. The molecule has 1 aromatic carbocycles. The molecule has 0 bridgehead atoms. The van der Waals surface area contributed by atoms with Crippen LogP contribution >= 0.6 is 0 Å². The lowest BCUT2D eigenvalue weighted by molar-refractivity contribution is 0.179. The van der Waals surface area contributed by atoms with E-state index in [-0.39, 0.29) is 10.8 Å². The van der Waals surface area contributed by atoms with Crippen LogP contribution in [-0.4, -0.2) is 15.0 Å². The van der Waals surface area contributed by atoms with E-state index in [1.807, 2.05) is 26.8 Å². The number of sulfonamides is 1. The zero-order chi connectivity index (χ0) is 14.9. The normalized spacial score (nSPS) is 16.2. The van der Waals surface area contributed by atoms with Crippen molar-refractivity contribution in [3.05, 3.63) is 23.3 Å². The van der Waals surface area contributed by atoms with Gasteiger partial charge in [-0.05, 0) is 54.9 Å². The fourth-order valence-electron chi connectivity index (χ4n) is 2.40. The maximum absolute atomic E-state index is 11.7. The van der Waals surface area contributed by atoms with Crippen molar-refractivity contribution < 1.29 is 13.2 Å². The number of nitrogens with two attached hydrogens (primary N) is 1. The number of hydrogen-bond acceptors (Lipinski definition) is 3. The minimum atomic E-state index is -3.70. The molecule has 0 atom stereocenters. The van der Waals surface area contributed by atoms with Crippen molar-refractivity contribution in [3.8, 4) is 5.75 Å². The van der Waals surface area contributed by atoms with E-state index >= 15 is 0 Å². The van der Waals surface area contributed by atoms with Gasteiger partial charge in [-0.2, -0.15) is 0 Å². The molecule has 0 radical (unpaired) electrons. The molecule has 0 amide bonds. The first-order valence-electron chi connectivity index (χ1n) is 7.09. The van der Waals surface area contributed by atoms with Gasteiger partial charge in [-0.1, -0.05) is 20.3 Å². The maximum atomic E-state index is 11.7. The highest BCUT2D eigenvalue weighted by Gasteiger charge is 2.21. The van der Waals surface area contributed by atoms with Crippen LogP contribution in [0.4, 0.5) is 0 Å². The standard InChI is InChI=1S/C15H23NO3S/c1-10(2)13-8-14(19-9-12-5-4-6-12)11(3)7-15(13)20(16,17)18/h7-8,10,12H,4-6,9H2,1-3H3,(H2,16,17,18). The van der Waals surface area contributed by atoms with Gasteiger partial charge >= 0.3 is 0 Å². The lowest BCUT2D eigenvalue weighted by Gasteiger charge is -2.26. The van der Waals surface area contributed by atoms with Crippen molar-refractivity contribution in [2.45, 2.75) is 50.8 Å². The summed E-state index contributed by atoms with van der Waals surface area (Å²) in [4.78, 5) is 0.209. The summed E-state index contributed by atoms with van der Waals surface area (Å²) in [6, 6.07) is 3.46. The Bertz CT molecular complexity index is 589. The molecule has 0 spiro atoms. The second-order valence-electron chi connectivity index (χ2n) is 5.96. The van der Waals surface area contributed by atoms with Crippen LogP contribution in [0.15, 0.2) is 17.0 Å². The third-order valence-corrected chi connectivity index (χ3v) is 4.90. The summed E-state index contributed by atoms with van der Waals surface area (Å²) in [7, 11) is -3.70. The molecule has 0 aliphatic heterocycles. The minimum Gasteiger partial charge on any atom is -0.493 e. The van der Waals surface area contributed by atoms with Crippen molar-refractivity contribution >= 4 is 10.0 Å². The molecule has 0 aromatic heterocycles. The lowest BCUT2D eigenvalue weighted by atomic mass is 9.86. The van der Waals surface area contributed by atoms with E-state index in [1.165, 1.54) is 19.3 Å². The highest BCUT2D eigenvalue weighted by atomic mass is 32.2. The smallest absolute Gasteiger partial charge is 0.238 e. The number of hydrogen-bond donors (Lipinski definition) is 1. The molecule has 0 saturated heterocycles. The summed E-state index contributed by atoms with van der Waals surface area (Å²) in [5.74, 6) is 1.50. The van der Waals surface area contributed by atoms with Gasteiger partial charge in [-0.25, -0.2) is 13.6 Å². The van der Waals surface area contributed by atoms with Gasteiger partial charge in [0.05, 0.1) is 11.5 Å². The molecule has 1 aromatic rings. The van der Waals surface area contributed by atoms with E-state index in [4.69, 9.17) is 9.88 Å². The van der Waals surface area contributed by atoms with E-state index in [0.29, 0.717) is 12.5 Å². The summed E-state index contributed by atoms with van der Waals surface area (Å²) < 4.78 is 29.2. The molecule has 1 saturated carbocycles. The Morgan fingerprint density at radius 2 is 2.00 bits per heavy atom. The average Bonchev–Trinajstić information content (AvgIpc) is 2.26. The van der Waals surface area contributed by atoms with Crippen molar-refractivity contribution in [2.24, 2.45) is 11.1 Å². The van der Waals surface area contributed by atoms with Crippen LogP contribution in [0, 0.1) is 12.8 Å². The van der Waals surface area contributed by atoms with Crippen LogP contribution in [-0.2, 0) is 10.0 Å². The Kier molecular flexibility index (Phi) is 4.39. The molecule has 20 heavy (non-hydrogen) atoms. The second-order valence-corrected chi connectivity index (χ2v) is 7.49. The van der Waals surface area contributed by atoms with E-state index in [2.05, 4.69) is 0 Å². The number of aryl methyl sites for hydroxylation is 1. The van der Waals surface area contributed by atoms with Crippen LogP contribution in [0.2, 0.25) is 0 Å². The number of primary sulfonamides is 1. The van der Waals surface area contributed by atoms with Crippen molar-refractivity contribution in [3.63, 3.8) is 0 Å². The molecule has 4 nitrogen and oxygen atoms in total. The van der Waals surface area contributed by atoms with E-state index in [0.717, 1.165) is 16.9 Å². The topological polar surface area (TPSA) is 69.4 Å². The number of benzene rings is 1. The Morgan fingerprint density at radius 1 is 1.35 bits per heavy atom. The monoisotopic (exact) mass is 297 g/mol. The Balaban J connectivity index is 2.31. The van der Waals surface area contributed by atoms with Crippen LogP contribution in [0.25, 0.3) is 0 Å². The molecular weight excluding hydrogens is 274 g/mol. The molecule has 0 heterocycles. The van der Waals surface area contributed by atoms with Gasteiger partial charge in [0.1, 0.15) is 5.75 Å². The van der Waals surface area contributed by atoms with E-state index in [9.17, 15) is 8.42 Å². The molecule has 1 fully saturated rings. The Hall–Kier alpha value is -1.07. The quantitative estimate of drug-likeness (QED) is 0.908. The van der Waals surface area contributed by atoms with Crippen LogP contribution in [0.3, 0.4) is 0 Å². The molecule has 1 aliphatic rings. The van der Waals surface area contributed by atoms with Gasteiger partial charge in [0.25, 0.3) is 0 Å².